The average molecular weight is 198 g/mol. The van der Waals surface area contributed by atoms with Gasteiger partial charge in [-0.15, -0.1) is 0 Å². The lowest BCUT2D eigenvalue weighted by Crippen LogP contribution is -2.24. The maximum atomic E-state index is 11.5. The van der Waals surface area contributed by atoms with Gasteiger partial charge in [-0.05, 0) is 45.4 Å². The molecule has 0 N–H and O–H groups in total. The van der Waals surface area contributed by atoms with Gasteiger partial charge in [0.15, 0.2) is 0 Å². The zero-order valence-corrected chi connectivity index (χ0v) is 9.80. The van der Waals surface area contributed by atoms with E-state index < -0.39 is 0 Å². The predicted molar refractivity (Wildman–Crippen MR) is 57.0 cm³/mol. The molecule has 0 aromatic heterocycles. The first kappa shape index (κ1) is 11.5. The van der Waals surface area contributed by atoms with Crippen LogP contribution < -0.4 is 0 Å². The quantitative estimate of drug-likeness (QED) is 0.637. The molecule has 0 spiro atoms. The summed E-state index contributed by atoms with van der Waals surface area (Å²) < 4.78 is 5.30. The third-order valence-electron chi connectivity index (χ3n) is 2.68. The van der Waals surface area contributed by atoms with Crippen molar-refractivity contribution in [2.45, 2.75) is 59.0 Å². The van der Waals surface area contributed by atoms with Crippen LogP contribution in [-0.2, 0) is 9.53 Å². The van der Waals surface area contributed by atoms with Crippen molar-refractivity contribution in [3.05, 3.63) is 0 Å². The van der Waals surface area contributed by atoms with Gasteiger partial charge in [-0.2, -0.15) is 0 Å². The van der Waals surface area contributed by atoms with E-state index in [4.69, 9.17) is 4.74 Å². The second kappa shape index (κ2) is 4.33. The Morgan fingerprint density at radius 2 is 2.00 bits per heavy atom. The van der Waals surface area contributed by atoms with Crippen LogP contribution in [0.4, 0.5) is 0 Å². The van der Waals surface area contributed by atoms with Crippen LogP contribution in [0.1, 0.15) is 53.4 Å². The van der Waals surface area contributed by atoms with Crippen LogP contribution in [0.2, 0.25) is 0 Å². The number of hydrogen-bond donors (Lipinski definition) is 0. The third-order valence-corrected chi connectivity index (χ3v) is 2.68. The van der Waals surface area contributed by atoms with Gasteiger partial charge in [-0.1, -0.05) is 13.3 Å². The minimum atomic E-state index is -0.332. The van der Waals surface area contributed by atoms with E-state index in [1.54, 1.807) is 0 Å². The zero-order chi connectivity index (χ0) is 10.8. The van der Waals surface area contributed by atoms with Crippen LogP contribution >= 0.6 is 0 Å². The Morgan fingerprint density at radius 1 is 1.36 bits per heavy atom. The predicted octanol–water partition coefficient (Wildman–Crippen LogP) is 3.15. The lowest BCUT2D eigenvalue weighted by atomic mass is 10.0. The summed E-state index contributed by atoms with van der Waals surface area (Å²) in [5.74, 6) is 1.33. The van der Waals surface area contributed by atoms with Crippen molar-refractivity contribution in [3.8, 4) is 0 Å². The van der Waals surface area contributed by atoms with Crippen LogP contribution in [0.5, 0.6) is 0 Å². The van der Waals surface area contributed by atoms with Crippen molar-refractivity contribution in [1.82, 2.24) is 0 Å². The Balaban J connectivity index is 2.27. The molecule has 82 valence electrons. The first-order valence-corrected chi connectivity index (χ1v) is 5.58. The Bertz CT molecular complexity index is 203. The van der Waals surface area contributed by atoms with Crippen LogP contribution in [0, 0.1) is 11.8 Å². The SMILES string of the molecule is C[C@@H]1CC[C@@H](CC(=O)OC(C)(C)C)C1. The molecule has 1 rings (SSSR count). The van der Waals surface area contributed by atoms with E-state index in [-0.39, 0.29) is 11.6 Å². The zero-order valence-electron chi connectivity index (χ0n) is 9.80. The van der Waals surface area contributed by atoms with Gasteiger partial charge >= 0.3 is 5.97 Å². The van der Waals surface area contributed by atoms with Crippen molar-refractivity contribution in [2.24, 2.45) is 11.8 Å². The minimum Gasteiger partial charge on any atom is -0.460 e. The molecular weight excluding hydrogens is 176 g/mol. The van der Waals surface area contributed by atoms with Crippen molar-refractivity contribution in [1.29, 1.82) is 0 Å². The Hall–Kier alpha value is -0.530. The van der Waals surface area contributed by atoms with Gasteiger partial charge in [0.1, 0.15) is 5.60 Å². The highest BCUT2D eigenvalue weighted by molar-refractivity contribution is 5.70. The molecule has 1 fully saturated rings. The molecule has 2 heteroatoms. The summed E-state index contributed by atoms with van der Waals surface area (Å²) in [6.07, 6.45) is 4.27. The largest absolute Gasteiger partial charge is 0.460 e. The number of esters is 1. The van der Waals surface area contributed by atoms with E-state index in [9.17, 15) is 4.79 Å². The molecule has 1 saturated carbocycles. The smallest absolute Gasteiger partial charge is 0.306 e. The molecule has 0 aromatic carbocycles. The highest BCUT2D eigenvalue weighted by atomic mass is 16.6. The molecule has 0 radical (unpaired) electrons. The third kappa shape index (κ3) is 4.12. The maximum Gasteiger partial charge on any atom is 0.306 e. The van der Waals surface area contributed by atoms with Gasteiger partial charge < -0.3 is 4.74 Å². The van der Waals surface area contributed by atoms with Crippen molar-refractivity contribution >= 4 is 5.97 Å². The Morgan fingerprint density at radius 3 is 2.43 bits per heavy atom. The Kier molecular flexibility index (Phi) is 3.57. The van der Waals surface area contributed by atoms with E-state index >= 15 is 0 Å². The molecule has 1 aliphatic carbocycles. The van der Waals surface area contributed by atoms with Crippen molar-refractivity contribution in [2.75, 3.05) is 0 Å². The number of carbonyl (C=O) groups excluding carboxylic acids is 1. The summed E-state index contributed by atoms with van der Waals surface area (Å²) in [5.41, 5.74) is -0.332. The summed E-state index contributed by atoms with van der Waals surface area (Å²) in [6, 6.07) is 0. The molecule has 14 heavy (non-hydrogen) atoms. The molecule has 0 saturated heterocycles. The first-order valence-electron chi connectivity index (χ1n) is 5.58. The fourth-order valence-corrected chi connectivity index (χ4v) is 2.13. The molecule has 0 unspecified atom stereocenters. The molecule has 2 nitrogen and oxygen atoms in total. The summed E-state index contributed by atoms with van der Waals surface area (Å²) in [5, 5.41) is 0. The number of carbonyl (C=O) groups is 1. The summed E-state index contributed by atoms with van der Waals surface area (Å²) in [7, 11) is 0. The molecule has 0 aliphatic heterocycles. The van der Waals surface area contributed by atoms with Crippen LogP contribution in [0.3, 0.4) is 0 Å². The molecule has 1 aliphatic rings. The fraction of sp³-hybridized carbons (Fsp3) is 0.917. The van der Waals surface area contributed by atoms with E-state index in [2.05, 4.69) is 6.92 Å². The molecule has 2 atom stereocenters. The number of hydrogen-bond acceptors (Lipinski definition) is 2. The fourth-order valence-electron chi connectivity index (χ4n) is 2.13. The molecule has 0 bridgehead atoms. The first-order chi connectivity index (χ1) is 6.37. The lowest BCUT2D eigenvalue weighted by molar-refractivity contribution is -0.155. The molecule has 0 heterocycles. The highest BCUT2D eigenvalue weighted by Crippen LogP contribution is 2.32. The molecular formula is C12H22O2. The van der Waals surface area contributed by atoms with E-state index in [0.29, 0.717) is 12.3 Å². The lowest BCUT2D eigenvalue weighted by Gasteiger charge is -2.20. The van der Waals surface area contributed by atoms with Gasteiger partial charge in [0, 0.05) is 6.42 Å². The molecule has 0 amide bonds. The highest BCUT2D eigenvalue weighted by Gasteiger charge is 2.25. The number of ether oxygens (including phenoxy) is 1. The second-order valence-electron chi connectivity index (χ2n) is 5.57. The average Bonchev–Trinajstić information content (AvgIpc) is 2.30. The monoisotopic (exact) mass is 198 g/mol. The Labute approximate surface area is 87.0 Å². The van der Waals surface area contributed by atoms with E-state index in [0.717, 1.165) is 5.92 Å². The summed E-state index contributed by atoms with van der Waals surface area (Å²) in [4.78, 5) is 11.5. The van der Waals surface area contributed by atoms with Crippen LogP contribution in [-0.4, -0.2) is 11.6 Å². The van der Waals surface area contributed by atoms with Gasteiger partial charge in [-0.25, -0.2) is 0 Å². The topological polar surface area (TPSA) is 26.3 Å². The minimum absolute atomic E-state index is 0.0309. The normalized spacial score (nSPS) is 27.7. The maximum absolute atomic E-state index is 11.5. The van der Waals surface area contributed by atoms with Crippen molar-refractivity contribution < 1.29 is 9.53 Å². The van der Waals surface area contributed by atoms with Crippen LogP contribution in [0.25, 0.3) is 0 Å². The van der Waals surface area contributed by atoms with Crippen molar-refractivity contribution in [3.63, 3.8) is 0 Å². The van der Waals surface area contributed by atoms with Gasteiger partial charge in [-0.3, -0.25) is 4.79 Å². The van der Waals surface area contributed by atoms with E-state index in [1.165, 1.54) is 19.3 Å². The second-order valence-corrected chi connectivity index (χ2v) is 5.57. The number of rotatable bonds is 2. The van der Waals surface area contributed by atoms with Gasteiger partial charge in [0.05, 0.1) is 0 Å². The van der Waals surface area contributed by atoms with Gasteiger partial charge in [0.25, 0.3) is 0 Å². The summed E-state index contributed by atoms with van der Waals surface area (Å²) in [6.45, 7) is 8.02. The molecule has 0 aromatic rings. The standard InChI is InChI=1S/C12H22O2/c1-9-5-6-10(7-9)8-11(13)14-12(2,3)4/h9-10H,5-8H2,1-4H3/t9-,10-/m1/s1. The van der Waals surface area contributed by atoms with Gasteiger partial charge in [0.2, 0.25) is 0 Å². The summed E-state index contributed by atoms with van der Waals surface area (Å²) >= 11 is 0. The van der Waals surface area contributed by atoms with E-state index in [1.807, 2.05) is 20.8 Å². The van der Waals surface area contributed by atoms with Crippen LogP contribution in [0.15, 0.2) is 0 Å².